The summed E-state index contributed by atoms with van der Waals surface area (Å²) in [6.07, 6.45) is -2.53. The number of ether oxygens (including phenoxy) is 6. The molecule has 1 aromatic carbocycles. The Hall–Kier alpha value is -3.54. The fraction of sp³-hybridized carbons (Fsp3) is 0.667. The quantitative estimate of drug-likeness (QED) is 0.141. The average Bonchev–Trinajstić information content (AvgIpc) is 2.85. The van der Waals surface area contributed by atoms with Crippen molar-refractivity contribution in [2.45, 2.75) is 112 Å². The van der Waals surface area contributed by atoms with E-state index in [1.54, 1.807) is 34.6 Å². The lowest BCUT2D eigenvalue weighted by Crippen LogP contribution is -2.42. The van der Waals surface area contributed by atoms with E-state index in [0.717, 1.165) is 0 Å². The molecule has 1 aromatic rings. The predicted octanol–water partition coefficient (Wildman–Crippen LogP) is 6.27. The normalized spacial score (nSPS) is 13.4. The zero-order chi connectivity index (χ0) is 32.3. The van der Waals surface area contributed by atoms with Crippen LogP contribution in [0.2, 0.25) is 0 Å². The fourth-order valence-corrected chi connectivity index (χ4v) is 2.97. The summed E-state index contributed by atoms with van der Waals surface area (Å²) in [4.78, 5) is 48.9. The molecule has 0 bridgehead atoms. The van der Waals surface area contributed by atoms with Gasteiger partial charge in [-0.05, 0) is 77.0 Å². The largest absolute Gasteiger partial charge is 0.514 e. The van der Waals surface area contributed by atoms with E-state index >= 15 is 0 Å². The highest BCUT2D eigenvalue weighted by atomic mass is 16.8. The van der Waals surface area contributed by atoms with Gasteiger partial charge in [0.2, 0.25) is 0 Å². The maximum Gasteiger partial charge on any atom is 0.514 e. The minimum Gasteiger partial charge on any atom is -0.480 e. The van der Waals surface area contributed by atoms with Crippen LogP contribution in [0.5, 0.6) is 11.5 Å². The zero-order valence-electron chi connectivity index (χ0n) is 26.5. The summed E-state index contributed by atoms with van der Waals surface area (Å²) in [7, 11) is 0. The Kier molecular flexibility index (Phi) is 13.6. The van der Waals surface area contributed by atoms with Crippen molar-refractivity contribution in [2.24, 2.45) is 5.41 Å². The molecule has 12 nitrogen and oxygen atoms in total. The molecule has 0 aliphatic heterocycles. The molecule has 1 unspecified atom stereocenters. The summed E-state index contributed by atoms with van der Waals surface area (Å²) < 4.78 is 31.6. The molecule has 0 saturated heterocycles. The lowest BCUT2D eigenvalue weighted by molar-refractivity contribution is -0.139. The molecule has 0 amide bonds. The van der Waals surface area contributed by atoms with E-state index in [0.29, 0.717) is 18.4 Å². The molecule has 0 spiro atoms. The third-order valence-electron chi connectivity index (χ3n) is 6.13. The van der Waals surface area contributed by atoms with E-state index in [-0.39, 0.29) is 36.5 Å². The van der Waals surface area contributed by atoms with E-state index in [9.17, 15) is 24.3 Å². The van der Waals surface area contributed by atoms with Crippen molar-refractivity contribution >= 4 is 24.4 Å². The standard InChI is InChI=1S/C30H47NO11/c1-11-29(7,8)41-26(35)39-22-14-13-20(16-23(22)40-27(36)42-30(9,10)12-2)15-21(24(32)33)31-17-19(3)38-25(34)37-18-28(4,5)6/h13-14,16,19,21,31H,11-12,15,17-18H2,1-10H3,(H,32,33)/t19?,21-/m0/s1. The number of nitrogens with one attached hydrogen (secondary N) is 1. The van der Waals surface area contributed by atoms with Crippen LogP contribution in [-0.2, 0) is 30.2 Å². The molecule has 1 rings (SSSR count). The van der Waals surface area contributed by atoms with Gasteiger partial charge in [0.15, 0.2) is 11.5 Å². The second-order valence-corrected chi connectivity index (χ2v) is 12.4. The van der Waals surface area contributed by atoms with Gasteiger partial charge in [-0.15, -0.1) is 0 Å². The third-order valence-corrected chi connectivity index (χ3v) is 6.13. The molecule has 12 heteroatoms. The molecule has 0 aliphatic carbocycles. The van der Waals surface area contributed by atoms with Crippen molar-refractivity contribution in [1.29, 1.82) is 0 Å². The van der Waals surface area contributed by atoms with Crippen LogP contribution in [0, 0.1) is 5.41 Å². The molecule has 0 saturated carbocycles. The number of carboxylic acid groups (broad SMARTS) is 1. The smallest absolute Gasteiger partial charge is 0.480 e. The van der Waals surface area contributed by atoms with Crippen molar-refractivity contribution in [1.82, 2.24) is 5.32 Å². The molecule has 0 aromatic heterocycles. The number of carboxylic acids is 1. The van der Waals surface area contributed by atoms with E-state index in [2.05, 4.69) is 5.32 Å². The van der Waals surface area contributed by atoms with E-state index in [1.165, 1.54) is 18.2 Å². The van der Waals surface area contributed by atoms with Gasteiger partial charge in [-0.2, -0.15) is 0 Å². The first-order valence-electron chi connectivity index (χ1n) is 14.0. The predicted molar refractivity (Wildman–Crippen MR) is 154 cm³/mol. The molecule has 42 heavy (non-hydrogen) atoms. The lowest BCUT2D eigenvalue weighted by atomic mass is 9.99. The number of carbonyl (C=O) groups excluding carboxylic acids is 3. The van der Waals surface area contributed by atoms with E-state index < -0.39 is 47.8 Å². The highest BCUT2D eigenvalue weighted by molar-refractivity contribution is 5.74. The topological polar surface area (TPSA) is 156 Å². The van der Waals surface area contributed by atoms with Crippen molar-refractivity contribution in [3.63, 3.8) is 0 Å². The van der Waals surface area contributed by atoms with Gasteiger partial charge >= 0.3 is 24.4 Å². The second kappa shape index (κ2) is 15.6. The average molecular weight is 598 g/mol. The summed E-state index contributed by atoms with van der Waals surface area (Å²) in [6, 6.07) is 3.19. The lowest BCUT2D eigenvalue weighted by Gasteiger charge is -2.24. The van der Waals surface area contributed by atoms with Gasteiger partial charge in [0, 0.05) is 6.54 Å². The monoisotopic (exact) mass is 597 g/mol. The maximum atomic E-state index is 12.5. The fourth-order valence-electron chi connectivity index (χ4n) is 2.97. The van der Waals surface area contributed by atoms with Crippen LogP contribution in [0.4, 0.5) is 14.4 Å². The number of hydrogen-bond donors (Lipinski definition) is 2. The molecule has 2 N–H and O–H groups in total. The van der Waals surface area contributed by atoms with Crippen molar-refractivity contribution in [3.8, 4) is 11.5 Å². The summed E-state index contributed by atoms with van der Waals surface area (Å²) in [5.74, 6) is -1.43. The van der Waals surface area contributed by atoms with Crippen LogP contribution in [0.1, 0.15) is 87.6 Å². The van der Waals surface area contributed by atoms with Gasteiger partial charge in [0.05, 0.1) is 6.61 Å². The van der Waals surface area contributed by atoms with Crippen LogP contribution in [0.25, 0.3) is 0 Å². The van der Waals surface area contributed by atoms with Crippen LogP contribution >= 0.6 is 0 Å². The number of rotatable bonds is 14. The summed E-state index contributed by atoms with van der Waals surface area (Å²) in [5.41, 5.74) is -1.38. The Labute approximate surface area is 248 Å². The molecule has 2 atom stereocenters. The Balaban J connectivity index is 3.06. The summed E-state index contributed by atoms with van der Waals surface area (Å²) >= 11 is 0. The first kappa shape index (κ1) is 36.5. The first-order chi connectivity index (χ1) is 19.3. The number of carbonyl (C=O) groups is 4. The van der Waals surface area contributed by atoms with E-state index in [4.69, 9.17) is 28.4 Å². The van der Waals surface area contributed by atoms with Crippen LogP contribution in [0.3, 0.4) is 0 Å². The van der Waals surface area contributed by atoms with Gasteiger partial charge in [-0.25, -0.2) is 14.4 Å². The minimum absolute atomic E-state index is 0.0314. The molecular formula is C30H47NO11. The van der Waals surface area contributed by atoms with Crippen molar-refractivity contribution in [3.05, 3.63) is 23.8 Å². The summed E-state index contributed by atoms with van der Waals surface area (Å²) in [6.45, 7) is 18.1. The minimum atomic E-state index is -1.16. The van der Waals surface area contributed by atoms with Gasteiger partial charge in [0.25, 0.3) is 0 Å². The Morgan fingerprint density at radius 3 is 1.83 bits per heavy atom. The number of benzene rings is 1. The molecule has 0 heterocycles. The number of aliphatic carboxylic acids is 1. The molecule has 0 radical (unpaired) electrons. The van der Waals surface area contributed by atoms with Crippen LogP contribution in [0.15, 0.2) is 18.2 Å². The summed E-state index contributed by atoms with van der Waals surface area (Å²) in [5, 5.41) is 12.6. The highest BCUT2D eigenvalue weighted by Crippen LogP contribution is 2.31. The third kappa shape index (κ3) is 14.4. The van der Waals surface area contributed by atoms with Gasteiger partial charge in [-0.3, -0.25) is 4.79 Å². The van der Waals surface area contributed by atoms with Gasteiger partial charge in [-0.1, -0.05) is 40.7 Å². The second-order valence-electron chi connectivity index (χ2n) is 12.4. The first-order valence-corrected chi connectivity index (χ1v) is 14.0. The maximum absolute atomic E-state index is 12.5. The Morgan fingerprint density at radius 1 is 0.833 bits per heavy atom. The van der Waals surface area contributed by atoms with Crippen LogP contribution < -0.4 is 14.8 Å². The number of hydrogen-bond acceptors (Lipinski definition) is 11. The van der Waals surface area contributed by atoms with Gasteiger partial charge in [0.1, 0.15) is 23.3 Å². The highest BCUT2D eigenvalue weighted by Gasteiger charge is 2.27. The molecule has 0 aliphatic rings. The van der Waals surface area contributed by atoms with Crippen molar-refractivity contribution < 1.29 is 52.7 Å². The molecule has 238 valence electrons. The molecular weight excluding hydrogens is 550 g/mol. The van der Waals surface area contributed by atoms with E-state index in [1.807, 2.05) is 34.6 Å². The Morgan fingerprint density at radius 2 is 1.36 bits per heavy atom. The Bertz CT molecular complexity index is 1080. The zero-order valence-corrected chi connectivity index (χ0v) is 26.5. The van der Waals surface area contributed by atoms with Crippen molar-refractivity contribution in [2.75, 3.05) is 13.2 Å². The van der Waals surface area contributed by atoms with Gasteiger partial charge < -0.3 is 38.8 Å². The molecule has 0 fully saturated rings. The SMILES string of the molecule is CCC(C)(C)OC(=O)Oc1ccc(C[C@H](NCC(C)OC(=O)OCC(C)(C)C)C(=O)O)cc1OC(=O)OC(C)(C)CC. The van der Waals surface area contributed by atoms with Crippen LogP contribution in [-0.4, -0.2) is 66.0 Å².